The summed E-state index contributed by atoms with van der Waals surface area (Å²) in [6.45, 7) is 1.85. The molecule has 11 heavy (non-hydrogen) atoms. The Morgan fingerprint density at radius 1 is 1.18 bits per heavy atom. The van der Waals surface area contributed by atoms with Crippen LogP contribution in [0.3, 0.4) is 0 Å². The summed E-state index contributed by atoms with van der Waals surface area (Å²) in [6.07, 6.45) is 0.158. The summed E-state index contributed by atoms with van der Waals surface area (Å²) in [5.41, 5.74) is 0.796. The van der Waals surface area contributed by atoms with Crippen molar-refractivity contribution in [2.75, 3.05) is 13.1 Å². The van der Waals surface area contributed by atoms with Gasteiger partial charge in [-0.1, -0.05) is 30.3 Å². The molecule has 1 aromatic carbocycles. The number of benzene rings is 1. The highest BCUT2D eigenvalue weighted by Crippen LogP contribution is 2.19. The maximum Gasteiger partial charge on any atom is 0.0105 e. The molecule has 2 nitrogen and oxygen atoms in total. The first-order valence-corrected chi connectivity index (χ1v) is 3.72. The van der Waals surface area contributed by atoms with Gasteiger partial charge in [0.2, 0.25) is 0 Å². The maximum atomic E-state index is 11.3. The topological polar surface area (TPSA) is 26.1 Å². The first-order chi connectivity index (χ1) is 5.38. The minimum Gasteiger partial charge on any atom is -0.834 e. The fourth-order valence-corrected chi connectivity index (χ4v) is 1.02. The van der Waals surface area contributed by atoms with Crippen LogP contribution >= 0.6 is 0 Å². The second-order valence-corrected chi connectivity index (χ2v) is 2.66. The molecule has 0 aromatic heterocycles. The first-order valence-electron chi connectivity index (χ1n) is 3.72. The number of hydrogen-bond acceptors (Lipinski definition) is 2. The van der Waals surface area contributed by atoms with Crippen molar-refractivity contribution in [2.45, 2.75) is 0 Å². The third-order valence-corrected chi connectivity index (χ3v) is 1.76. The number of hydrogen-bond donors (Lipinski definition) is 0. The Morgan fingerprint density at radius 2 is 1.82 bits per heavy atom. The summed E-state index contributed by atoms with van der Waals surface area (Å²) in [5, 5.41) is 11.3. The lowest BCUT2D eigenvalue weighted by Gasteiger charge is -2.22. The van der Waals surface area contributed by atoms with Crippen molar-refractivity contribution in [2.24, 2.45) is 0 Å². The SMILES string of the molecule is [O-][C](c1ccccc1)N1CC1. The Hall–Kier alpha value is -0.860. The molecule has 1 heterocycles. The molecule has 0 unspecified atom stereocenters. The van der Waals surface area contributed by atoms with E-state index in [0.717, 1.165) is 18.7 Å². The van der Waals surface area contributed by atoms with Gasteiger partial charge in [0.25, 0.3) is 0 Å². The van der Waals surface area contributed by atoms with Gasteiger partial charge in [-0.15, -0.1) is 0 Å². The van der Waals surface area contributed by atoms with Gasteiger partial charge in [-0.05, 0) is 11.8 Å². The van der Waals surface area contributed by atoms with E-state index in [0.29, 0.717) is 0 Å². The molecule has 0 spiro atoms. The van der Waals surface area contributed by atoms with Crippen LogP contribution in [0.1, 0.15) is 5.56 Å². The van der Waals surface area contributed by atoms with Gasteiger partial charge in [-0.2, -0.15) is 0 Å². The average molecular weight is 147 g/mol. The molecule has 0 aliphatic carbocycles. The summed E-state index contributed by atoms with van der Waals surface area (Å²) >= 11 is 0. The van der Waals surface area contributed by atoms with Crippen LogP contribution < -0.4 is 5.11 Å². The summed E-state index contributed by atoms with van der Waals surface area (Å²) in [7, 11) is 0. The van der Waals surface area contributed by atoms with E-state index in [1.165, 1.54) is 0 Å². The highest BCUT2D eigenvalue weighted by Gasteiger charge is 2.20. The molecule has 1 aliphatic rings. The molecule has 2 rings (SSSR count). The molecule has 0 atom stereocenters. The van der Waals surface area contributed by atoms with Gasteiger partial charge < -0.3 is 10.0 Å². The Bertz CT molecular complexity index is 231. The summed E-state index contributed by atoms with van der Waals surface area (Å²) in [4.78, 5) is 1.81. The zero-order valence-electron chi connectivity index (χ0n) is 6.16. The third-order valence-electron chi connectivity index (χ3n) is 1.76. The highest BCUT2D eigenvalue weighted by molar-refractivity contribution is 5.26. The van der Waals surface area contributed by atoms with Crippen LogP contribution in [0, 0.1) is 6.23 Å². The lowest BCUT2D eigenvalue weighted by Crippen LogP contribution is -2.24. The third kappa shape index (κ3) is 1.42. The lowest BCUT2D eigenvalue weighted by atomic mass is 10.2. The highest BCUT2D eigenvalue weighted by atomic mass is 16.3. The molecule has 1 radical (unpaired) electrons. The molecular formula is C9H9NO-. The number of rotatable bonds is 2. The summed E-state index contributed by atoms with van der Waals surface area (Å²) < 4.78 is 0. The van der Waals surface area contributed by atoms with Crippen molar-refractivity contribution in [3.05, 3.63) is 42.1 Å². The van der Waals surface area contributed by atoms with E-state index < -0.39 is 0 Å². The second-order valence-electron chi connectivity index (χ2n) is 2.66. The van der Waals surface area contributed by atoms with Crippen molar-refractivity contribution in [3.8, 4) is 0 Å². The smallest absolute Gasteiger partial charge is 0.0105 e. The lowest BCUT2D eigenvalue weighted by molar-refractivity contribution is -0.365. The van der Waals surface area contributed by atoms with Gasteiger partial charge in [-0.3, -0.25) is 0 Å². The normalized spacial score (nSPS) is 17.3. The Kier molecular flexibility index (Phi) is 1.64. The molecule has 1 fully saturated rings. The van der Waals surface area contributed by atoms with E-state index in [4.69, 9.17) is 0 Å². The molecule has 2 heteroatoms. The molecule has 1 aliphatic heterocycles. The molecule has 0 bridgehead atoms. The van der Waals surface area contributed by atoms with Crippen LogP contribution in [0.25, 0.3) is 0 Å². The van der Waals surface area contributed by atoms with Gasteiger partial charge in [0.1, 0.15) is 0 Å². The number of nitrogens with zero attached hydrogens (tertiary/aromatic N) is 1. The van der Waals surface area contributed by atoms with Gasteiger partial charge in [0.05, 0.1) is 0 Å². The zero-order chi connectivity index (χ0) is 7.68. The largest absolute Gasteiger partial charge is 0.834 e. The van der Waals surface area contributed by atoms with Crippen LogP contribution in [0.5, 0.6) is 0 Å². The van der Waals surface area contributed by atoms with Crippen LogP contribution in [0.2, 0.25) is 0 Å². The van der Waals surface area contributed by atoms with E-state index in [2.05, 4.69) is 0 Å². The fourth-order valence-electron chi connectivity index (χ4n) is 1.02. The summed E-state index contributed by atoms with van der Waals surface area (Å²) in [6, 6.07) is 9.38. The monoisotopic (exact) mass is 147 g/mol. The average Bonchev–Trinajstić information content (AvgIpc) is 2.87. The van der Waals surface area contributed by atoms with Crippen molar-refractivity contribution in [3.63, 3.8) is 0 Å². The molecule has 0 N–H and O–H groups in total. The Morgan fingerprint density at radius 3 is 2.36 bits per heavy atom. The first kappa shape index (κ1) is 6.83. The van der Waals surface area contributed by atoms with Gasteiger partial charge in [0.15, 0.2) is 0 Å². The molecule has 1 aromatic rings. The standard InChI is InChI=1S/C9H9NO/c11-9(10-6-7-10)8-4-2-1-3-5-8/h1-5H,6-7H2/q-1. The van der Waals surface area contributed by atoms with Crippen molar-refractivity contribution in [1.29, 1.82) is 0 Å². The minimum absolute atomic E-state index is 0.158. The molecule has 1 saturated heterocycles. The molecule has 0 amide bonds. The minimum atomic E-state index is 0.158. The zero-order valence-corrected chi connectivity index (χ0v) is 6.16. The Labute approximate surface area is 66.1 Å². The van der Waals surface area contributed by atoms with Gasteiger partial charge in [-0.25, -0.2) is 0 Å². The molecule has 57 valence electrons. The van der Waals surface area contributed by atoms with E-state index in [-0.39, 0.29) is 6.23 Å². The van der Waals surface area contributed by atoms with Crippen molar-refractivity contribution in [1.82, 2.24) is 4.90 Å². The van der Waals surface area contributed by atoms with Gasteiger partial charge in [0, 0.05) is 13.1 Å². The van der Waals surface area contributed by atoms with Gasteiger partial charge >= 0.3 is 0 Å². The predicted octanol–water partition coefficient (Wildman–Crippen LogP) is 0.200. The predicted molar refractivity (Wildman–Crippen MR) is 40.4 cm³/mol. The van der Waals surface area contributed by atoms with Crippen molar-refractivity contribution < 1.29 is 5.11 Å². The van der Waals surface area contributed by atoms with Crippen LogP contribution in [-0.2, 0) is 0 Å². The van der Waals surface area contributed by atoms with Crippen LogP contribution in [0.4, 0.5) is 0 Å². The Balaban J connectivity index is 2.15. The van der Waals surface area contributed by atoms with E-state index >= 15 is 0 Å². The van der Waals surface area contributed by atoms with Crippen LogP contribution in [-0.4, -0.2) is 18.0 Å². The molecule has 0 saturated carbocycles. The quantitative estimate of drug-likeness (QED) is 0.558. The van der Waals surface area contributed by atoms with E-state index in [1.807, 2.05) is 35.2 Å². The van der Waals surface area contributed by atoms with E-state index in [1.54, 1.807) is 0 Å². The second kappa shape index (κ2) is 2.64. The maximum absolute atomic E-state index is 11.3. The summed E-state index contributed by atoms with van der Waals surface area (Å²) in [5.74, 6) is 0. The van der Waals surface area contributed by atoms with Crippen LogP contribution in [0.15, 0.2) is 30.3 Å². The molecular weight excluding hydrogens is 138 g/mol. The fraction of sp³-hybridized carbons (Fsp3) is 0.222. The van der Waals surface area contributed by atoms with Crippen molar-refractivity contribution >= 4 is 0 Å². The van der Waals surface area contributed by atoms with E-state index in [9.17, 15) is 5.11 Å².